The van der Waals surface area contributed by atoms with Crippen molar-refractivity contribution in [2.75, 3.05) is 5.32 Å². The maximum Gasteiger partial charge on any atom is 0.271 e. The summed E-state index contributed by atoms with van der Waals surface area (Å²) in [4.78, 5) is 24.7. The number of phenols is 2. The zero-order chi connectivity index (χ0) is 23.3. The zero-order valence-electron chi connectivity index (χ0n) is 18.1. The highest BCUT2D eigenvalue weighted by molar-refractivity contribution is 6.04. The molecular weight excluding hydrogens is 406 g/mol. The number of nitrogens with zero attached hydrogens (tertiary/aromatic N) is 1. The van der Waals surface area contributed by atoms with Gasteiger partial charge in [0.05, 0.1) is 6.21 Å². The SMILES string of the molecule is CC(C)(C)c1ccc(C(=O)Nc2ccc(C(=O)N/N=C\c3ccc(O)cc3O)cc2)cc1. The smallest absolute Gasteiger partial charge is 0.271 e. The first-order valence-electron chi connectivity index (χ1n) is 10.0. The number of phenolic OH excluding ortho intramolecular Hbond substituents is 2. The van der Waals surface area contributed by atoms with Gasteiger partial charge in [0.1, 0.15) is 11.5 Å². The molecule has 3 aromatic carbocycles. The predicted molar refractivity (Wildman–Crippen MR) is 124 cm³/mol. The molecule has 3 rings (SSSR count). The van der Waals surface area contributed by atoms with Gasteiger partial charge in [0, 0.05) is 28.4 Å². The van der Waals surface area contributed by atoms with Crippen LogP contribution in [0.4, 0.5) is 5.69 Å². The van der Waals surface area contributed by atoms with Crippen molar-refractivity contribution in [2.45, 2.75) is 26.2 Å². The molecule has 0 aliphatic heterocycles. The highest BCUT2D eigenvalue weighted by Gasteiger charge is 2.14. The minimum absolute atomic E-state index is 0.0138. The maximum atomic E-state index is 12.5. The van der Waals surface area contributed by atoms with Gasteiger partial charge in [-0.1, -0.05) is 32.9 Å². The molecule has 3 aromatic rings. The summed E-state index contributed by atoms with van der Waals surface area (Å²) in [6.07, 6.45) is 1.27. The van der Waals surface area contributed by atoms with Crippen LogP contribution in [0.3, 0.4) is 0 Å². The summed E-state index contributed by atoms with van der Waals surface area (Å²) in [7, 11) is 0. The second kappa shape index (κ2) is 9.34. The van der Waals surface area contributed by atoms with Crippen molar-refractivity contribution in [1.29, 1.82) is 0 Å². The third-order valence-corrected chi connectivity index (χ3v) is 4.80. The van der Waals surface area contributed by atoms with Gasteiger partial charge in [0.25, 0.3) is 11.8 Å². The van der Waals surface area contributed by atoms with Crippen LogP contribution >= 0.6 is 0 Å². The lowest BCUT2D eigenvalue weighted by Crippen LogP contribution is -2.18. The number of aromatic hydroxyl groups is 2. The minimum Gasteiger partial charge on any atom is -0.508 e. The van der Waals surface area contributed by atoms with Gasteiger partial charge in [-0.05, 0) is 59.5 Å². The molecular formula is C25H25N3O4. The first-order chi connectivity index (χ1) is 15.1. The van der Waals surface area contributed by atoms with E-state index in [0.29, 0.717) is 22.4 Å². The lowest BCUT2D eigenvalue weighted by molar-refractivity contribution is 0.0954. The van der Waals surface area contributed by atoms with Gasteiger partial charge in [0.15, 0.2) is 0 Å². The van der Waals surface area contributed by atoms with Crippen molar-refractivity contribution in [3.05, 3.63) is 89.0 Å². The van der Waals surface area contributed by atoms with Crippen LogP contribution in [0.25, 0.3) is 0 Å². The standard InChI is InChI=1S/C25H25N3O4/c1-25(2,3)19-9-4-16(5-10-19)23(31)27-20-11-6-17(7-12-20)24(32)28-26-15-18-8-13-21(29)14-22(18)30/h4-15,29-30H,1-3H3,(H,27,31)(H,28,32)/b26-15-. The van der Waals surface area contributed by atoms with E-state index in [1.165, 1.54) is 24.4 Å². The van der Waals surface area contributed by atoms with Gasteiger partial charge in [-0.3, -0.25) is 9.59 Å². The van der Waals surface area contributed by atoms with Crippen molar-refractivity contribution in [2.24, 2.45) is 5.10 Å². The molecule has 0 fully saturated rings. The summed E-state index contributed by atoms with van der Waals surface area (Å²) in [5, 5.41) is 25.6. The van der Waals surface area contributed by atoms with Gasteiger partial charge in [0.2, 0.25) is 0 Å². The van der Waals surface area contributed by atoms with E-state index in [1.807, 2.05) is 12.1 Å². The first kappa shape index (κ1) is 22.6. The molecule has 32 heavy (non-hydrogen) atoms. The number of benzene rings is 3. The molecule has 0 atom stereocenters. The summed E-state index contributed by atoms with van der Waals surface area (Å²) in [5.74, 6) is -0.912. The van der Waals surface area contributed by atoms with E-state index in [-0.39, 0.29) is 22.8 Å². The molecule has 0 saturated heterocycles. The number of hydrogen-bond acceptors (Lipinski definition) is 5. The number of amides is 2. The Morgan fingerprint density at radius 2 is 1.44 bits per heavy atom. The van der Waals surface area contributed by atoms with Crippen molar-refractivity contribution in [3.8, 4) is 11.5 Å². The van der Waals surface area contributed by atoms with E-state index < -0.39 is 5.91 Å². The number of anilines is 1. The van der Waals surface area contributed by atoms with E-state index in [9.17, 15) is 19.8 Å². The van der Waals surface area contributed by atoms with E-state index in [4.69, 9.17) is 0 Å². The number of hydrazone groups is 1. The fourth-order valence-corrected chi connectivity index (χ4v) is 2.90. The molecule has 0 heterocycles. The monoisotopic (exact) mass is 431 g/mol. The molecule has 0 saturated carbocycles. The topological polar surface area (TPSA) is 111 Å². The molecule has 0 radical (unpaired) electrons. The largest absolute Gasteiger partial charge is 0.508 e. The van der Waals surface area contributed by atoms with Crippen LogP contribution in [0.1, 0.15) is 52.6 Å². The quantitative estimate of drug-likeness (QED) is 0.354. The van der Waals surface area contributed by atoms with E-state index in [2.05, 4.69) is 36.6 Å². The molecule has 164 valence electrons. The average Bonchev–Trinajstić information content (AvgIpc) is 2.75. The second-order valence-corrected chi connectivity index (χ2v) is 8.30. The first-order valence-corrected chi connectivity index (χ1v) is 10.0. The third-order valence-electron chi connectivity index (χ3n) is 4.80. The van der Waals surface area contributed by atoms with Crippen LogP contribution in [0, 0.1) is 0 Å². The van der Waals surface area contributed by atoms with E-state index in [1.54, 1.807) is 36.4 Å². The van der Waals surface area contributed by atoms with Crippen LogP contribution in [-0.4, -0.2) is 28.2 Å². The molecule has 0 spiro atoms. The molecule has 7 heteroatoms. The number of carbonyl (C=O) groups excluding carboxylic acids is 2. The van der Waals surface area contributed by atoms with Gasteiger partial charge in [-0.15, -0.1) is 0 Å². The average molecular weight is 431 g/mol. The molecule has 0 aliphatic rings. The fourth-order valence-electron chi connectivity index (χ4n) is 2.90. The molecule has 0 bridgehead atoms. The van der Waals surface area contributed by atoms with Crippen LogP contribution < -0.4 is 10.7 Å². The Balaban J connectivity index is 1.58. The van der Waals surface area contributed by atoms with Crippen LogP contribution in [0.2, 0.25) is 0 Å². The summed E-state index contributed by atoms with van der Waals surface area (Å²) in [5.41, 5.74) is 5.32. The van der Waals surface area contributed by atoms with E-state index in [0.717, 1.165) is 5.56 Å². The summed E-state index contributed by atoms with van der Waals surface area (Å²) in [6, 6.07) is 17.9. The summed E-state index contributed by atoms with van der Waals surface area (Å²) >= 11 is 0. The highest BCUT2D eigenvalue weighted by Crippen LogP contribution is 2.23. The number of hydrogen-bond donors (Lipinski definition) is 4. The van der Waals surface area contributed by atoms with Crippen molar-refractivity contribution in [3.63, 3.8) is 0 Å². The number of carbonyl (C=O) groups is 2. The lowest BCUT2D eigenvalue weighted by Gasteiger charge is -2.19. The van der Waals surface area contributed by atoms with Crippen LogP contribution in [0.15, 0.2) is 71.8 Å². The maximum absolute atomic E-state index is 12.5. The molecule has 2 amide bonds. The van der Waals surface area contributed by atoms with Crippen LogP contribution in [0.5, 0.6) is 11.5 Å². The minimum atomic E-state index is -0.449. The Kier molecular flexibility index (Phi) is 6.59. The van der Waals surface area contributed by atoms with Gasteiger partial charge < -0.3 is 15.5 Å². The van der Waals surface area contributed by atoms with Gasteiger partial charge in [-0.2, -0.15) is 5.10 Å². The van der Waals surface area contributed by atoms with Crippen molar-refractivity contribution in [1.82, 2.24) is 5.43 Å². The second-order valence-electron chi connectivity index (χ2n) is 8.30. The Morgan fingerprint density at radius 1 is 0.844 bits per heavy atom. The van der Waals surface area contributed by atoms with Gasteiger partial charge in [-0.25, -0.2) is 5.43 Å². The molecule has 4 N–H and O–H groups in total. The summed E-state index contributed by atoms with van der Waals surface area (Å²) < 4.78 is 0. The zero-order valence-corrected chi connectivity index (χ0v) is 18.1. The molecule has 0 aliphatic carbocycles. The number of nitrogens with one attached hydrogen (secondary N) is 2. The molecule has 0 aromatic heterocycles. The van der Waals surface area contributed by atoms with Gasteiger partial charge >= 0.3 is 0 Å². The summed E-state index contributed by atoms with van der Waals surface area (Å²) in [6.45, 7) is 6.34. The van der Waals surface area contributed by atoms with Crippen LogP contribution in [-0.2, 0) is 5.41 Å². The van der Waals surface area contributed by atoms with Crippen molar-refractivity contribution >= 4 is 23.7 Å². The number of rotatable bonds is 5. The third kappa shape index (κ3) is 5.72. The Hall–Kier alpha value is -4.13. The molecule has 7 nitrogen and oxygen atoms in total. The normalized spacial score (nSPS) is 11.3. The lowest BCUT2D eigenvalue weighted by atomic mass is 9.87. The fraction of sp³-hybridized carbons (Fsp3) is 0.160. The highest BCUT2D eigenvalue weighted by atomic mass is 16.3. The Morgan fingerprint density at radius 3 is 2.03 bits per heavy atom. The van der Waals surface area contributed by atoms with Crippen molar-refractivity contribution < 1.29 is 19.8 Å². The molecule has 0 unspecified atom stereocenters. The Labute approximate surface area is 186 Å². The Bertz CT molecular complexity index is 1150. The van der Waals surface area contributed by atoms with E-state index >= 15 is 0 Å². The predicted octanol–water partition coefficient (Wildman–Crippen LogP) is 4.41.